The topological polar surface area (TPSA) is 19.7 Å². The maximum Gasteiger partial charge on any atom is 0.0541 e. The van der Waals surface area contributed by atoms with E-state index in [1.807, 2.05) is 0 Å². The third-order valence-corrected chi connectivity index (χ3v) is 24.6. The van der Waals surface area contributed by atoms with E-state index >= 15 is 0 Å². The zero-order chi connectivity index (χ0) is 74.5. The average Bonchev–Trinajstić information content (AvgIpc) is 1.59. The summed E-state index contributed by atoms with van der Waals surface area (Å²) in [7, 11) is 0. The van der Waals surface area contributed by atoms with Crippen LogP contribution in [0.5, 0.6) is 0 Å². The van der Waals surface area contributed by atoms with Crippen LogP contribution in [0, 0.1) is 0 Å². The highest BCUT2D eigenvalue weighted by Gasteiger charge is 2.37. The van der Waals surface area contributed by atoms with Crippen molar-refractivity contribution in [3.63, 3.8) is 0 Å². The van der Waals surface area contributed by atoms with Crippen LogP contribution < -0.4 is 0 Å². The Bertz CT molecular complexity index is 7340. The van der Waals surface area contributed by atoms with Gasteiger partial charge < -0.3 is 18.3 Å². The summed E-state index contributed by atoms with van der Waals surface area (Å²) >= 11 is 0. The van der Waals surface area contributed by atoms with Crippen LogP contribution in [0.2, 0.25) is 0 Å². The van der Waals surface area contributed by atoms with Crippen molar-refractivity contribution in [3.8, 4) is 101 Å². The normalized spacial score (nSPS) is 13.1. The molecule has 0 N–H and O–H groups in total. The first kappa shape index (κ1) is 65.1. The molecule has 0 atom stereocenters. The Kier molecular flexibility index (Phi) is 14.7. The van der Waals surface area contributed by atoms with Gasteiger partial charge in [-0.2, -0.15) is 0 Å². The van der Waals surface area contributed by atoms with Crippen molar-refractivity contribution in [2.24, 2.45) is 0 Å². The molecule has 4 aromatic heterocycles. The van der Waals surface area contributed by atoms with Crippen LogP contribution in [-0.2, 0) is 10.8 Å². The van der Waals surface area contributed by atoms with Crippen molar-refractivity contribution < 1.29 is 0 Å². The van der Waals surface area contributed by atoms with Gasteiger partial charge in [0.2, 0.25) is 0 Å². The standard InChI is InChI=1S/C57H40N2.C51H36N2/c1-57(2)51-22-12-9-19-45(51)46-28-27-43(36-52(46)57)58-53-23-13-10-20-47(53)49-34-39(25-29-55(49)58)40-26-30-56-50(35-40)48-21-11-14-24-54(48)59(56)44-32-41(37-15-5-3-6-16-37)31-42(33-44)38-17-7-4-8-18-38;1-51(2)45-17-9-6-14-39(45)40-27-26-38(32-46(40)51)53-48-19-11-8-16-42(48)44-31-36(23-29-50(44)53)35-22-28-49-43(30-35)41-15-7-10-18-47(41)52(49)37-24-20-34(21-25-37)33-12-4-3-5-13-33/h3-36H,1-2H3;3-32H,1-2H3. The molecule has 4 heterocycles. The third kappa shape index (κ3) is 10.1. The summed E-state index contributed by atoms with van der Waals surface area (Å²) < 4.78 is 9.75. The lowest BCUT2D eigenvalue weighted by atomic mass is 9.82. The highest BCUT2D eigenvalue weighted by molar-refractivity contribution is 6.15. The maximum atomic E-state index is 2.46. The largest absolute Gasteiger partial charge is 0.309 e. The third-order valence-electron chi connectivity index (χ3n) is 24.6. The van der Waals surface area contributed by atoms with Crippen molar-refractivity contribution in [2.45, 2.75) is 38.5 Å². The summed E-state index contributed by atoms with van der Waals surface area (Å²) in [5, 5.41) is 10.1. The van der Waals surface area contributed by atoms with E-state index in [1.54, 1.807) is 0 Å². The van der Waals surface area contributed by atoms with Crippen LogP contribution in [0.1, 0.15) is 49.9 Å². The molecule has 2 aliphatic carbocycles. The number of nitrogens with zero attached hydrogens (tertiary/aromatic N) is 4. The zero-order valence-corrected chi connectivity index (χ0v) is 62.7. The molecule has 23 rings (SSSR count). The van der Waals surface area contributed by atoms with Crippen LogP contribution in [0.4, 0.5) is 0 Å². The Balaban J connectivity index is 0.000000138. The first-order valence-electron chi connectivity index (χ1n) is 39.1. The first-order valence-corrected chi connectivity index (χ1v) is 39.1. The Labute approximate surface area is 650 Å². The van der Waals surface area contributed by atoms with Crippen molar-refractivity contribution in [2.75, 3.05) is 0 Å². The average molecular weight is 1430 g/mol. The van der Waals surface area contributed by atoms with Gasteiger partial charge in [0.1, 0.15) is 0 Å². The Hall–Kier alpha value is -14.1. The van der Waals surface area contributed by atoms with Gasteiger partial charge in [0.15, 0.2) is 0 Å². The highest BCUT2D eigenvalue weighted by Crippen LogP contribution is 2.52. The number of hydrogen-bond acceptors (Lipinski definition) is 0. The van der Waals surface area contributed by atoms with Gasteiger partial charge in [-0.1, -0.05) is 289 Å². The summed E-state index contributed by atoms with van der Waals surface area (Å²) in [6.45, 7) is 9.43. The van der Waals surface area contributed by atoms with E-state index in [0.29, 0.717) is 0 Å². The fraction of sp³-hybridized carbons (Fsp3) is 0.0556. The van der Waals surface area contributed by atoms with Gasteiger partial charge in [-0.25, -0.2) is 0 Å². The number of aromatic nitrogens is 4. The molecular weight excluding hydrogens is 1350 g/mol. The monoisotopic (exact) mass is 1430 g/mol. The summed E-state index contributed by atoms with van der Waals surface area (Å²) in [5.74, 6) is 0. The Morgan fingerprint density at radius 2 is 0.411 bits per heavy atom. The second-order valence-corrected chi connectivity index (χ2v) is 31.6. The van der Waals surface area contributed by atoms with Crippen molar-refractivity contribution >= 4 is 87.2 Å². The summed E-state index contributed by atoms with van der Waals surface area (Å²) in [4.78, 5) is 0. The zero-order valence-electron chi connectivity index (χ0n) is 62.7. The lowest BCUT2D eigenvalue weighted by Crippen LogP contribution is -2.15. The summed E-state index contributed by atoms with van der Waals surface area (Å²) in [5.41, 5.74) is 37.4. The number of rotatable bonds is 9. The van der Waals surface area contributed by atoms with Gasteiger partial charge in [-0.3, -0.25) is 0 Å². The molecule has 112 heavy (non-hydrogen) atoms. The van der Waals surface area contributed by atoms with Crippen LogP contribution >= 0.6 is 0 Å². The molecule has 0 unspecified atom stereocenters. The van der Waals surface area contributed by atoms with Gasteiger partial charge in [-0.05, 0) is 228 Å². The summed E-state index contributed by atoms with van der Waals surface area (Å²) in [6.07, 6.45) is 0. The van der Waals surface area contributed by atoms with Gasteiger partial charge in [0.25, 0.3) is 0 Å². The minimum atomic E-state index is -0.0650. The van der Waals surface area contributed by atoms with E-state index in [-0.39, 0.29) is 10.8 Å². The van der Waals surface area contributed by atoms with Crippen LogP contribution in [0.3, 0.4) is 0 Å². The van der Waals surface area contributed by atoms with Gasteiger partial charge in [0, 0.05) is 76.7 Å². The van der Waals surface area contributed by atoms with Crippen LogP contribution in [0.25, 0.3) is 188 Å². The second-order valence-electron chi connectivity index (χ2n) is 31.6. The van der Waals surface area contributed by atoms with Gasteiger partial charge in [0.05, 0.1) is 44.1 Å². The van der Waals surface area contributed by atoms with E-state index < -0.39 is 0 Å². The molecule has 21 aromatic rings. The fourth-order valence-electron chi connectivity index (χ4n) is 19.2. The lowest BCUT2D eigenvalue weighted by molar-refractivity contribution is 0.660. The quantitative estimate of drug-likeness (QED) is 0.137. The smallest absolute Gasteiger partial charge is 0.0541 e. The van der Waals surface area contributed by atoms with E-state index in [0.717, 1.165) is 11.4 Å². The first-order chi connectivity index (χ1) is 55.1. The molecule has 0 bridgehead atoms. The predicted molar refractivity (Wildman–Crippen MR) is 473 cm³/mol. The van der Waals surface area contributed by atoms with Gasteiger partial charge in [-0.15, -0.1) is 0 Å². The maximum absolute atomic E-state index is 2.46. The SMILES string of the molecule is CC1(C)c2ccccc2-c2ccc(-n3c4ccccc4c4cc(-c5ccc6c(c5)c5ccccc5n6-c5cc(-c6ccccc6)cc(-c6ccccc6)c5)ccc43)cc21.CC1(C)c2ccccc2-c2ccc(-n3c4ccccc4c4cc(-c5ccc6c(c5)c5ccccc5n6-c5ccc(-c6ccccc6)cc5)ccc43)cc21. The van der Waals surface area contributed by atoms with Crippen molar-refractivity contribution in [3.05, 3.63) is 411 Å². The molecule has 0 saturated heterocycles. The Morgan fingerprint density at radius 3 is 0.777 bits per heavy atom. The second kappa shape index (κ2) is 25.3. The molecule has 17 aromatic carbocycles. The predicted octanol–water partition coefficient (Wildman–Crippen LogP) is 28.7. The fourth-order valence-corrected chi connectivity index (χ4v) is 19.2. The molecule has 4 nitrogen and oxygen atoms in total. The minimum Gasteiger partial charge on any atom is -0.309 e. The molecule has 0 aliphatic heterocycles. The molecule has 0 saturated carbocycles. The lowest BCUT2D eigenvalue weighted by Gasteiger charge is -2.22. The minimum absolute atomic E-state index is 0.0543. The molecule has 4 heteroatoms. The number of hydrogen-bond donors (Lipinski definition) is 0. The van der Waals surface area contributed by atoms with Crippen LogP contribution in [-0.4, -0.2) is 18.3 Å². The molecule has 2 aliphatic rings. The van der Waals surface area contributed by atoms with E-state index in [2.05, 4.69) is 434 Å². The van der Waals surface area contributed by atoms with Crippen LogP contribution in [0.15, 0.2) is 388 Å². The van der Waals surface area contributed by atoms with E-state index in [1.165, 1.54) is 199 Å². The Morgan fingerprint density at radius 1 is 0.152 bits per heavy atom. The molecule has 0 amide bonds. The number of para-hydroxylation sites is 4. The van der Waals surface area contributed by atoms with Crippen molar-refractivity contribution in [1.82, 2.24) is 18.3 Å². The number of benzene rings is 17. The van der Waals surface area contributed by atoms with Crippen molar-refractivity contribution in [1.29, 1.82) is 0 Å². The molecule has 528 valence electrons. The molecule has 0 fully saturated rings. The number of fused-ring (bicyclic) bond motifs is 18. The molecule has 0 radical (unpaired) electrons. The van der Waals surface area contributed by atoms with E-state index in [9.17, 15) is 0 Å². The molecular formula is C108H76N4. The summed E-state index contributed by atoms with van der Waals surface area (Å²) in [6, 6.07) is 143. The van der Waals surface area contributed by atoms with E-state index in [4.69, 9.17) is 0 Å². The molecule has 0 spiro atoms. The van der Waals surface area contributed by atoms with Gasteiger partial charge >= 0.3 is 0 Å². The highest BCUT2D eigenvalue weighted by atomic mass is 15.0.